The minimum Gasteiger partial charge on any atom is -0.358 e. The molecule has 0 N–H and O–H groups in total. The van der Waals surface area contributed by atoms with Crippen LogP contribution in [0.15, 0.2) is 12.4 Å². The molecule has 0 aliphatic carbocycles. The van der Waals surface area contributed by atoms with Gasteiger partial charge >= 0.3 is 0 Å². The zero-order valence-corrected chi connectivity index (χ0v) is 11.1. The lowest BCUT2D eigenvalue weighted by molar-refractivity contribution is 0.0809. The van der Waals surface area contributed by atoms with Crippen molar-refractivity contribution in [1.29, 1.82) is 0 Å². The Labute approximate surface area is 99.5 Å². The highest BCUT2D eigenvalue weighted by atomic mass is 32.3. The van der Waals surface area contributed by atoms with Crippen LogP contribution in [0.3, 0.4) is 0 Å². The highest BCUT2D eigenvalue weighted by Crippen LogP contribution is 2.38. The van der Waals surface area contributed by atoms with Crippen LogP contribution in [0, 0.1) is 12.3 Å². The molecular weight excluding hydrogens is 220 g/mol. The zero-order valence-electron chi connectivity index (χ0n) is 10.3. The number of rotatable bonds is 6. The summed E-state index contributed by atoms with van der Waals surface area (Å²) in [6, 6.07) is 0. The van der Waals surface area contributed by atoms with Crippen molar-refractivity contribution in [2.45, 2.75) is 13.7 Å². The maximum absolute atomic E-state index is 5.57. The third kappa shape index (κ3) is 4.30. The molecule has 3 nitrogen and oxygen atoms in total. The fraction of sp³-hybridized carbons (Fsp3) is 0.583. The molecule has 0 radical (unpaired) electrons. The molecule has 16 heavy (non-hydrogen) atoms. The van der Waals surface area contributed by atoms with Crippen molar-refractivity contribution >= 4 is 10.0 Å². The lowest BCUT2D eigenvalue weighted by Gasteiger charge is -2.29. The average Bonchev–Trinajstić information content (AvgIpc) is 2.72. The zero-order chi connectivity index (χ0) is 12.0. The van der Waals surface area contributed by atoms with Gasteiger partial charge in [0, 0.05) is 11.9 Å². The molecule has 0 aliphatic rings. The Kier molecular flexibility index (Phi) is 4.91. The van der Waals surface area contributed by atoms with E-state index in [0.717, 1.165) is 17.9 Å². The van der Waals surface area contributed by atoms with Gasteiger partial charge in [-0.2, -0.15) is 5.10 Å². The highest BCUT2D eigenvalue weighted by molar-refractivity contribution is 8.32. The van der Waals surface area contributed by atoms with Crippen molar-refractivity contribution in [1.82, 2.24) is 9.78 Å². The molecule has 4 heteroatoms. The summed E-state index contributed by atoms with van der Waals surface area (Å²) >= 11 is 0. The molecule has 1 rings (SSSR count). The Bertz CT molecular complexity index is 365. The maximum atomic E-state index is 5.57. The van der Waals surface area contributed by atoms with E-state index in [2.05, 4.69) is 30.5 Å². The summed E-state index contributed by atoms with van der Waals surface area (Å²) in [7, 11) is -0.460. The number of ether oxygens (including phenoxy) is 1. The fourth-order valence-corrected chi connectivity index (χ4v) is 1.95. The van der Waals surface area contributed by atoms with E-state index in [0.29, 0.717) is 6.73 Å². The van der Waals surface area contributed by atoms with Crippen molar-refractivity contribution in [3.63, 3.8) is 0 Å². The lowest BCUT2D eigenvalue weighted by Crippen LogP contribution is -2.12. The standard InChI is InChI=1S/C12H20N2OS/c1-5-12-9-13-14(10-12)11-15-7-8-16(3,4)6-2/h1,9-10H,6-8,11H2,2-4H3. The van der Waals surface area contributed by atoms with E-state index in [4.69, 9.17) is 11.2 Å². The first-order valence-corrected chi connectivity index (χ1v) is 8.11. The van der Waals surface area contributed by atoms with Gasteiger partial charge in [-0.3, -0.25) is 0 Å². The van der Waals surface area contributed by atoms with E-state index in [1.54, 1.807) is 10.9 Å². The Morgan fingerprint density at radius 2 is 2.31 bits per heavy atom. The summed E-state index contributed by atoms with van der Waals surface area (Å²) < 4.78 is 7.29. The Balaban J connectivity index is 2.24. The van der Waals surface area contributed by atoms with Crippen LogP contribution in [0.25, 0.3) is 0 Å². The minimum atomic E-state index is -0.460. The van der Waals surface area contributed by atoms with Gasteiger partial charge in [-0.25, -0.2) is 14.7 Å². The van der Waals surface area contributed by atoms with Crippen molar-refractivity contribution < 1.29 is 4.74 Å². The summed E-state index contributed by atoms with van der Waals surface area (Å²) in [5, 5.41) is 4.10. The van der Waals surface area contributed by atoms with Crippen LogP contribution in [0.2, 0.25) is 0 Å². The van der Waals surface area contributed by atoms with Crippen molar-refractivity contribution in [2.24, 2.45) is 0 Å². The lowest BCUT2D eigenvalue weighted by atomic mass is 10.4. The first-order valence-electron chi connectivity index (χ1n) is 5.33. The molecule has 0 amide bonds. The molecule has 0 saturated heterocycles. The second-order valence-corrected chi connectivity index (χ2v) is 8.73. The molecule has 1 aromatic rings. The van der Waals surface area contributed by atoms with E-state index in [9.17, 15) is 0 Å². The molecule has 1 heterocycles. The van der Waals surface area contributed by atoms with Crippen LogP contribution in [-0.4, -0.2) is 40.4 Å². The fourth-order valence-electron chi connectivity index (χ4n) is 1.10. The van der Waals surface area contributed by atoms with Gasteiger partial charge in [0.1, 0.15) is 6.73 Å². The first-order chi connectivity index (χ1) is 7.57. The van der Waals surface area contributed by atoms with E-state index >= 15 is 0 Å². The highest BCUT2D eigenvalue weighted by Gasteiger charge is 2.07. The van der Waals surface area contributed by atoms with Gasteiger partial charge in [-0.1, -0.05) is 12.8 Å². The molecule has 0 atom stereocenters. The first kappa shape index (κ1) is 13.1. The predicted octanol–water partition coefficient (Wildman–Crippen LogP) is 1.92. The molecule has 0 spiro atoms. The van der Waals surface area contributed by atoms with Crippen LogP contribution in [0.1, 0.15) is 12.5 Å². The van der Waals surface area contributed by atoms with Gasteiger partial charge in [0.2, 0.25) is 0 Å². The summed E-state index contributed by atoms with van der Waals surface area (Å²) in [4.78, 5) is 0. The van der Waals surface area contributed by atoms with Gasteiger partial charge in [0.15, 0.2) is 0 Å². The number of terminal acetylenes is 1. The average molecular weight is 240 g/mol. The van der Waals surface area contributed by atoms with Gasteiger partial charge in [-0.15, -0.1) is 6.42 Å². The molecule has 0 fully saturated rings. The van der Waals surface area contributed by atoms with Crippen LogP contribution < -0.4 is 0 Å². The van der Waals surface area contributed by atoms with Crippen molar-refractivity contribution in [3.8, 4) is 12.3 Å². The van der Waals surface area contributed by atoms with Gasteiger partial charge < -0.3 is 4.74 Å². The molecule has 0 bridgehead atoms. The molecular formula is C12H20N2OS. The normalized spacial score (nSPS) is 12.4. The second kappa shape index (κ2) is 5.97. The van der Waals surface area contributed by atoms with Crippen LogP contribution in [-0.2, 0) is 11.5 Å². The topological polar surface area (TPSA) is 27.1 Å². The SMILES string of the molecule is C#Cc1cnn(COCCS(C)(C)CC)c1. The number of nitrogens with zero attached hydrogens (tertiary/aromatic N) is 2. The summed E-state index contributed by atoms with van der Waals surface area (Å²) in [5.74, 6) is 4.93. The largest absolute Gasteiger partial charge is 0.358 e. The molecule has 0 saturated carbocycles. The summed E-state index contributed by atoms with van der Waals surface area (Å²) in [5.41, 5.74) is 0.795. The van der Waals surface area contributed by atoms with E-state index in [1.807, 2.05) is 6.20 Å². The quantitative estimate of drug-likeness (QED) is 0.561. The van der Waals surface area contributed by atoms with Crippen LogP contribution in [0.5, 0.6) is 0 Å². The Morgan fingerprint density at radius 1 is 1.56 bits per heavy atom. The molecule has 0 unspecified atom stereocenters. The smallest absolute Gasteiger partial charge is 0.139 e. The maximum Gasteiger partial charge on any atom is 0.139 e. The summed E-state index contributed by atoms with van der Waals surface area (Å²) in [6.07, 6.45) is 13.4. The minimum absolute atomic E-state index is 0.460. The van der Waals surface area contributed by atoms with Crippen molar-refractivity contribution in [2.75, 3.05) is 30.6 Å². The number of hydrogen-bond donors (Lipinski definition) is 0. The third-order valence-corrected chi connectivity index (χ3v) is 5.42. The van der Waals surface area contributed by atoms with Crippen molar-refractivity contribution in [3.05, 3.63) is 18.0 Å². The van der Waals surface area contributed by atoms with E-state index in [1.165, 1.54) is 5.75 Å². The molecule has 0 aromatic carbocycles. The molecule has 1 aromatic heterocycles. The van der Waals surface area contributed by atoms with Crippen LogP contribution >= 0.6 is 10.0 Å². The monoisotopic (exact) mass is 240 g/mol. The second-order valence-electron chi connectivity index (χ2n) is 4.21. The number of aromatic nitrogens is 2. The predicted molar refractivity (Wildman–Crippen MR) is 71.0 cm³/mol. The van der Waals surface area contributed by atoms with Crippen LogP contribution in [0.4, 0.5) is 0 Å². The Hall–Kier alpha value is -0.920. The van der Waals surface area contributed by atoms with Gasteiger partial charge in [0.05, 0.1) is 18.4 Å². The Morgan fingerprint density at radius 3 is 2.88 bits per heavy atom. The third-order valence-electron chi connectivity index (χ3n) is 2.59. The van der Waals surface area contributed by atoms with E-state index < -0.39 is 10.0 Å². The molecule has 0 aliphatic heterocycles. The molecule has 90 valence electrons. The van der Waals surface area contributed by atoms with Gasteiger partial charge in [0.25, 0.3) is 0 Å². The summed E-state index contributed by atoms with van der Waals surface area (Å²) in [6.45, 7) is 3.52. The van der Waals surface area contributed by atoms with E-state index in [-0.39, 0.29) is 0 Å². The number of hydrogen-bond acceptors (Lipinski definition) is 2. The van der Waals surface area contributed by atoms with Gasteiger partial charge in [-0.05, 0) is 18.3 Å².